The van der Waals surface area contributed by atoms with E-state index in [9.17, 15) is 19.2 Å². The normalized spacial score (nSPS) is 46.7. The van der Waals surface area contributed by atoms with Gasteiger partial charge in [0.15, 0.2) is 0 Å². The highest BCUT2D eigenvalue weighted by atomic mass is 16.2. The minimum absolute atomic E-state index is 0.222. The van der Waals surface area contributed by atoms with Gasteiger partial charge in [-0.2, -0.15) is 0 Å². The topological polar surface area (TPSA) is 83.6 Å². The SMILES string of the molecule is CN1C(=O)C2C3C=CC(C4C(=O)NC(=O)C34)C2C1=O. The lowest BCUT2D eigenvalue weighted by Gasteiger charge is -2.44. The van der Waals surface area contributed by atoms with Crippen molar-refractivity contribution < 1.29 is 19.2 Å². The number of imide groups is 2. The van der Waals surface area contributed by atoms with Crippen LogP contribution in [-0.4, -0.2) is 35.6 Å². The van der Waals surface area contributed by atoms with E-state index in [1.165, 1.54) is 7.05 Å². The summed E-state index contributed by atoms with van der Waals surface area (Å²) in [7, 11) is 1.47. The van der Waals surface area contributed by atoms with Crippen LogP contribution in [0.4, 0.5) is 0 Å². The molecule has 3 fully saturated rings. The van der Waals surface area contributed by atoms with E-state index in [0.29, 0.717) is 0 Å². The van der Waals surface area contributed by atoms with E-state index >= 15 is 0 Å². The molecule has 0 aromatic carbocycles. The molecule has 0 spiro atoms. The predicted octanol–water partition coefficient (Wildman–Crippen LogP) is -1.08. The second-order valence-electron chi connectivity index (χ2n) is 5.73. The molecule has 6 nitrogen and oxygen atoms in total. The number of nitrogens with one attached hydrogen (secondary N) is 1. The average Bonchev–Trinajstić information content (AvgIpc) is 2.83. The molecule has 0 aromatic rings. The highest BCUT2D eigenvalue weighted by molar-refractivity contribution is 6.10. The van der Waals surface area contributed by atoms with Crippen LogP contribution in [0.3, 0.4) is 0 Å². The third-order valence-electron chi connectivity index (χ3n) is 5.07. The first-order valence-electron chi connectivity index (χ1n) is 6.37. The molecule has 5 aliphatic rings. The third kappa shape index (κ3) is 1.04. The quantitative estimate of drug-likeness (QED) is 0.443. The summed E-state index contributed by atoms with van der Waals surface area (Å²) in [5.74, 6) is -3.60. The number of carbonyl (C=O) groups is 4. The number of amides is 4. The first-order chi connectivity index (χ1) is 9.02. The van der Waals surface area contributed by atoms with Gasteiger partial charge in [-0.15, -0.1) is 0 Å². The van der Waals surface area contributed by atoms with Gasteiger partial charge in [0.05, 0.1) is 23.7 Å². The Hall–Kier alpha value is -1.98. The molecule has 6 unspecified atom stereocenters. The molecule has 2 aliphatic heterocycles. The van der Waals surface area contributed by atoms with Gasteiger partial charge in [0.25, 0.3) is 0 Å². The Labute approximate surface area is 108 Å². The van der Waals surface area contributed by atoms with Gasteiger partial charge in [-0.25, -0.2) is 0 Å². The highest BCUT2D eigenvalue weighted by Gasteiger charge is 2.66. The molecular weight excluding hydrogens is 248 g/mol. The molecule has 98 valence electrons. The van der Waals surface area contributed by atoms with Crippen LogP contribution in [0, 0.1) is 35.5 Å². The number of likely N-dealkylation sites (tertiary alicyclic amines) is 1. The molecule has 1 N–H and O–H groups in total. The van der Waals surface area contributed by atoms with Crippen LogP contribution in [0.2, 0.25) is 0 Å². The Morgan fingerprint density at radius 2 is 1.26 bits per heavy atom. The van der Waals surface area contributed by atoms with E-state index in [4.69, 9.17) is 0 Å². The van der Waals surface area contributed by atoms with Crippen LogP contribution in [0.25, 0.3) is 0 Å². The van der Waals surface area contributed by atoms with Gasteiger partial charge in [0.2, 0.25) is 23.6 Å². The lowest BCUT2D eigenvalue weighted by Crippen LogP contribution is -2.50. The summed E-state index contributed by atoms with van der Waals surface area (Å²) in [6, 6.07) is 0. The standard InChI is InChI=1S/C13H12N2O4/c1-15-12(18)8-4-2-3-5(9(8)13(15)19)7-6(4)10(16)14-11(7)17/h2-9H,1H3,(H,14,16,17). The molecule has 0 radical (unpaired) electrons. The van der Waals surface area contributed by atoms with Gasteiger partial charge in [0, 0.05) is 18.9 Å². The van der Waals surface area contributed by atoms with Crippen molar-refractivity contribution in [2.24, 2.45) is 35.5 Å². The van der Waals surface area contributed by atoms with Gasteiger partial charge in [0.1, 0.15) is 0 Å². The van der Waals surface area contributed by atoms with Crippen LogP contribution in [0.1, 0.15) is 0 Å². The summed E-state index contributed by atoms with van der Waals surface area (Å²) in [5, 5.41) is 2.34. The molecule has 19 heavy (non-hydrogen) atoms. The number of rotatable bonds is 0. The van der Waals surface area contributed by atoms with Gasteiger partial charge >= 0.3 is 0 Å². The number of nitrogens with zero attached hydrogens (tertiary/aromatic N) is 1. The fourth-order valence-electron chi connectivity index (χ4n) is 4.30. The van der Waals surface area contributed by atoms with Crippen molar-refractivity contribution >= 4 is 23.6 Å². The average molecular weight is 260 g/mol. The minimum atomic E-state index is -0.480. The second-order valence-corrected chi connectivity index (χ2v) is 5.73. The van der Waals surface area contributed by atoms with Crippen molar-refractivity contribution in [1.29, 1.82) is 0 Å². The maximum absolute atomic E-state index is 12.2. The smallest absolute Gasteiger partial charge is 0.233 e. The van der Waals surface area contributed by atoms with Crippen molar-refractivity contribution in [3.05, 3.63) is 12.2 Å². The lowest BCUT2D eigenvalue weighted by molar-refractivity contribution is -0.138. The molecule has 2 heterocycles. The monoisotopic (exact) mass is 260 g/mol. The Kier molecular flexibility index (Phi) is 1.79. The molecular formula is C13H12N2O4. The fourth-order valence-corrected chi connectivity index (χ4v) is 4.30. The number of hydrogen-bond donors (Lipinski definition) is 1. The number of hydrogen-bond acceptors (Lipinski definition) is 4. The van der Waals surface area contributed by atoms with Gasteiger partial charge < -0.3 is 0 Å². The fraction of sp³-hybridized carbons (Fsp3) is 0.538. The molecule has 4 amide bonds. The Morgan fingerprint density at radius 1 is 0.842 bits per heavy atom. The van der Waals surface area contributed by atoms with E-state index in [1.54, 1.807) is 0 Å². The molecule has 1 saturated carbocycles. The van der Waals surface area contributed by atoms with Crippen molar-refractivity contribution in [2.45, 2.75) is 0 Å². The summed E-state index contributed by atoms with van der Waals surface area (Å²) in [5.41, 5.74) is 0. The van der Waals surface area contributed by atoms with Crippen LogP contribution in [0.5, 0.6) is 0 Å². The second kappa shape index (κ2) is 3.12. The van der Waals surface area contributed by atoms with E-state index < -0.39 is 23.7 Å². The Balaban J connectivity index is 1.87. The summed E-state index contributed by atoms with van der Waals surface area (Å²) in [6.45, 7) is 0. The number of carbonyl (C=O) groups excluding carboxylic acids is 4. The molecule has 5 rings (SSSR count). The van der Waals surface area contributed by atoms with Gasteiger partial charge in [-0.05, 0) is 0 Å². The summed E-state index contributed by atoms with van der Waals surface area (Å²) in [6.07, 6.45) is 3.69. The van der Waals surface area contributed by atoms with Crippen molar-refractivity contribution in [2.75, 3.05) is 7.05 Å². The zero-order valence-corrected chi connectivity index (χ0v) is 10.2. The predicted molar refractivity (Wildman–Crippen MR) is 61.0 cm³/mol. The lowest BCUT2D eigenvalue weighted by atomic mass is 9.54. The zero-order chi connectivity index (χ0) is 13.5. The van der Waals surface area contributed by atoms with E-state index in [-0.39, 0.29) is 35.5 Å². The third-order valence-corrected chi connectivity index (χ3v) is 5.07. The van der Waals surface area contributed by atoms with Gasteiger partial charge in [-0.3, -0.25) is 29.4 Å². The zero-order valence-electron chi connectivity index (χ0n) is 10.2. The highest BCUT2D eigenvalue weighted by Crippen LogP contribution is 2.56. The molecule has 2 saturated heterocycles. The van der Waals surface area contributed by atoms with Crippen molar-refractivity contribution in [3.8, 4) is 0 Å². The van der Waals surface area contributed by atoms with Crippen LogP contribution in [-0.2, 0) is 19.2 Å². The Bertz CT molecular complexity index is 533. The first-order valence-corrected chi connectivity index (χ1v) is 6.37. The first kappa shape index (κ1) is 10.9. The maximum Gasteiger partial charge on any atom is 0.233 e. The molecule has 3 aliphatic carbocycles. The summed E-state index contributed by atoms with van der Waals surface area (Å²) in [4.78, 5) is 49.3. The largest absolute Gasteiger partial charge is 0.296 e. The minimum Gasteiger partial charge on any atom is -0.296 e. The van der Waals surface area contributed by atoms with E-state index in [2.05, 4.69) is 5.32 Å². The van der Waals surface area contributed by atoms with Crippen molar-refractivity contribution in [1.82, 2.24) is 10.2 Å². The van der Waals surface area contributed by atoms with E-state index in [0.717, 1.165) is 4.90 Å². The van der Waals surface area contributed by atoms with Gasteiger partial charge in [-0.1, -0.05) is 12.2 Å². The van der Waals surface area contributed by atoms with Crippen LogP contribution >= 0.6 is 0 Å². The number of allylic oxidation sites excluding steroid dienone is 2. The molecule has 0 aromatic heterocycles. The van der Waals surface area contributed by atoms with E-state index in [1.807, 2.05) is 12.2 Å². The maximum atomic E-state index is 12.2. The van der Waals surface area contributed by atoms with Crippen LogP contribution in [0.15, 0.2) is 12.2 Å². The Morgan fingerprint density at radius 3 is 1.68 bits per heavy atom. The molecule has 6 atom stereocenters. The molecule has 6 heteroatoms. The summed E-state index contributed by atoms with van der Waals surface area (Å²) < 4.78 is 0. The summed E-state index contributed by atoms with van der Waals surface area (Å²) >= 11 is 0. The molecule has 2 bridgehead atoms. The van der Waals surface area contributed by atoms with Crippen LogP contribution < -0.4 is 5.32 Å². The van der Waals surface area contributed by atoms with Crippen molar-refractivity contribution in [3.63, 3.8) is 0 Å².